The smallest absolute Gasteiger partial charge is 0.236 e. The minimum absolute atomic E-state index is 0.0775. The Labute approximate surface area is 215 Å². The predicted molar refractivity (Wildman–Crippen MR) is 139 cm³/mol. The van der Waals surface area contributed by atoms with Crippen molar-refractivity contribution < 1.29 is 12.8 Å². The fraction of sp³-hybridized carbons (Fsp3) is 0.222. The van der Waals surface area contributed by atoms with Crippen LogP contribution in [0.2, 0.25) is 10.0 Å². The van der Waals surface area contributed by atoms with Gasteiger partial charge in [0, 0.05) is 28.7 Å². The molecule has 8 heteroatoms. The van der Waals surface area contributed by atoms with Gasteiger partial charge in [0.05, 0.1) is 4.90 Å². The first-order valence-electron chi connectivity index (χ1n) is 11.5. The molecule has 1 aliphatic rings. The zero-order valence-corrected chi connectivity index (χ0v) is 21.2. The summed E-state index contributed by atoms with van der Waals surface area (Å²) in [5.41, 5.74) is 1.98. The van der Waals surface area contributed by atoms with E-state index in [0.717, 1.165) is 19.3 Å². The largest absolute Gasteiger partial charge is 0.419 e. The summed E-state index contributed by atoms with van der Waals surface area (Å²) in [7, 11) is -3.92. The third-order valence-electron chi connectivity index (χ3n) is 6.32. The maximum Gasteiger partial charge on any atom is 0.236 e. The highest BCUT2D eigenvalue weighted by molar-refractivity contribution is 7.91. The Hall–Kier alpha value is -2.80. The lowest BCUT2D eigenvalue weighted by molar-refractivity contribution is 0.387. The molecule has 0 saturated carbocycles. The van der Waals surface area contributed by atoms with Crippen LogP contribution in [0.15, 0.2) is 93.2 Å². The van der Waals surface area contributed by atoms with Crippen LogP contribution in [-0.4, -0.2) is 26.5 Å². The van der Waals surface area contributed by atoms with Gasteiger partial charge in [0.15, 0.2) is 0 Å². The molecule has 0 atom stereocenters. The van der Waals surface area contributed by atoms with Crippen molar-refractivity contribution in [2.45, 2.75) is 29.2 Å². The molecule has 1 aliphatic heterocycles. The standard InChI is InChI=1S/C27H24Cl2N2O3S/c28-22-8-6-21(7-9-22)25-30-26(35(32,33)24-12-10-23(29)11-13-24)27(34-25)31-16-14-20(15-17-31)18-19-4-2-1-3-5-19/h1-13,20H,14-18H2. The van der Waals surface area contributed by atoms with Crippen molar-refractivity contribution in [3.63, 3.8) is 0 Å². The molecule has 3 aromatic carbocycles. The van der Waals surface area contributed by atoms with Gasteiger partial charge in [0.25, 0.3) is 0 Å². The molecule has 5 nitrogen and oxygen atoms in total. The Bertz CT molecular complexity index is 1400. The molecule has 0 aliphatic carbocycles. The van der Waals surface area contributed by atoms with Crippen molar-refractivity contribution in [3.05, 3.63) is 94.5 Å². The monoisotopic (exact) mass is 526 g/mol. The minimum atomic E-state index is -3.92. The molecule has 0 spiro atoms. The highest BCUT2D eigenvalue weighted by Gasteiger charge is 2.33. The SMILES string of the molecule is O=S(=O)(c1ccc(Cl)cc1)c1nc(-c2ccc(Cl)cc2)oc1N1CCC(Cc2ccccc2)CC1. The molecule has 0 N–H and O–H groups in total. The van der Waals surface area contributed by atoms with Gasteiger partial charge < -0.3 is 9.32 Å². The quantitative estimate of drug-likeness (QED) is 0.272. The highest BCUT2D eigenvalue weighted by Crippen LogP contribution is 2.37. The molecule has 1 fully saturated rings. The van der Waals surface area contributed by atoms with E-state index >= 15 is 0 Å². The average Bonchev–Trinajstić information content (AvgIpc) is 3.32. The summed E-state index contributed by atoms with van der Waals surface area (Å²) in [5.74, 6) is 1.06. The summed E-state index contributed by atoms with van der Waals surface area (Å²) in [6.45, 7) is 1.38. The molecule has 4 aromatic rings. The van der Waals surface area contributed by atoms with E-state index in [-0.39, 0.29) is 21.7 Å². The number of hydrogen-bond donors (Lipinski definition) is 0. The number of rotatable bonds is 6. The molecule has 1 aromatic heterocycles. The van der Waals surface area contributed by atoms with E-state index in [9.17, 15) is 8.42 Å². The van der Waals surface area contributed by atoms with Crippen molar-refractivity contribution in [3.8, 4) is 11.5 Å². The Balaban J connectivity index is 1.46. The maximum absolute atomic E-state index is 13.6. The third-order valence-corrected chi connectivity index (χ3v) is 8.49. The maximum atomic E-state index is 13.6. The normalized spacial score (nSPS) is 14.9. The number of sulfone groups is 1. The van der Waals surface area contributed by atoms with Gasteiger partial charge in [-0.25, -0.2) is 8.42 Å². The van der Waals surface area contributed by atoms with Crippen LogP contribution in [0.4, 0.5) is 5.88 Å². The third kappa shape index (κ3) is 5.25. The predicted octanol–water partition coefficient (Wildman–Crippen LogP) is 6.94. The minimum Gasteiger partial charge on any atom is -0.419 e. The number of hydrogen-bond acceptors (Lipinski definition) is 5. The van der Waals surface area contributed by atoms with Crippen LogP contribution in [-0.2, 0) is 16.3 Å². The van der Waals surface area contributed by atoms with E-state index in [2.05, 4.69) is 29.2 Å². The van der Waals surface area contributed by atoms with Crippen LogP contribution in [0.1, 0.15) is 18.4 Å². The van der Waals surface area contributed by atoms with Crippen LogP contribution in [0, 0.1) is 5.92 Å². The van der Waals surface area contributed by atoms with Crippen LogP contribution >= 0.6 is 23.2 Å². The number of aromatic nitrogens is 1. The van der Waals surface area contributed by atoms with Gasteiger partial charge in [0.2, 0.25) is 26.6 Å². The Morgan fingerprint density at radius 3 is 2.09 bits per heavy atom. The molecule has 180 valence electrons. The van der Waals surface area contributed by atoms with Gasteiger partial charge in [-0.2, -0.15) is 4.98 Å². The van der Waals surface area contributed by atoms with Gasteiger partial charge in [0.1, 0.15) is 0 Å². The van der Waals surface area contributed by atoms with Crippen LogP contribution in [0.3, 0.4) is 0 Å². The zero-order chi connectivity index (χ0) is 24.4. The van der Waals surface area contributed by atoms with E-state index in [0.29, 0.717) is 34.6 Å². The second-order valence-corrected chi connectivity index (χ2v) is 11.5. The molecule has 0 radical (unpaired) electrons. The van der Waals surface area contributed by atoms with Crippen molar-refractivity contribution in [1.29, 1.82) is 0 Å². The van der Waals surface area contributed by atoms with E-state index in [1.54, 1.807) is 36.4 Å². The first kappa shape index (κ1) is 23.9. The van der Waals surface area contributed by atoms with Crippen molar-refractivity contribution in [2.24, 2.45) is 5.92 Å². The Morgan fingerprint density at radius 2 is 1.46 bits per heavy atom. The molecular weight excluding hydrogens is 503 g/mol. The molecule has 1 saturated heterocycles. The van der Waals surface area contributed by atoms with E-state index in [4.69, 9.17) is 27.6 Å². The van der Waals surface area contributed by atoms with E-state index < -0.39 is 9.84 Å². The Kier molecular flexibility index (Phi) is 6.87. The summed E-state index contributed by atoms with van der Waals surface area (Å²) >= 11 is 12.0. The van der Waals surface area contributed by atoms with Gasteiger partial charge in [-0.15, -0.1) is 0 Å². The van der Waals surface area contributed by atoms with Crippen LogP contribution in [0.25, 0.3) is 11.5 Å². The van der Waals surface area contributed by atoms with Crippen LogP contribution < -0.4 is 4.90 Å². The molecule has 5 rings (SSSR count). The zero-order valence-electron chi connectivity index (χ0n) is 18.9. The van der Waals surface area contributed by atoms with Gasteiger partial charge in [-0.1, -0.05) is 53.5 Å². The second kappa shape index (κ2) is 10.1. The van der Waals surface area contributed by atoms with Gasteiger partial charge in [-0.05, 0) is 79.3 Å². The number of halogens is 2. The fourth-order valence-corrected chi connectivity index (χ4v) is 5.98. The van der Waals surface area contributed by atoms with Crippen LogP contribution in [0.5, 0.6) is 0 Å². The summed E-state index contributed by atoms with van der Waals surface area (Å²) in [5, 5.41) is 0.966. The Morgan fingerprint density at radius 1 is 0.857 bits per heavy atom. The average molecular weight is 527 g/mol. The highest BCUT2D eigenvalue weighted by atomic mass is 35.5. The van der Waals surface area contributed by atoms with E-state index in [1.165, 1.54) is 17.7 Å². The first-order chi connectivity index (χ1) is 16.9. The number of anilines is 1. The fourth-order valence-electron chi connectivity index (χ4n) is 4.40. The van der Waals surface area contributed by atoms with Gasteiger partial charge in [-0.3, -0.25) is 0 Å². The number of benzene rings is 3. The van der Waals surface area contributed by atoms with Crippen molar-refractivity contribution in [1.82, 2.24) is 4.98 Å². The van der Waals surface area contributed by atoms with Crippen molar-refractivity contribution in [2.75, 3.05) is 18.0 Å². The number of oxazole rings is 1. The molecule has 0 unspecified atom stereocenters. The molecule has 35 heavy (non-hydrogen) atoms. The molecular formula is C27H24Cl2N2O3S. The summed E-state index contributed by atoms with van der Waals surface area (Å²) in [6.07, 6.45) is 2.88. The van der Waals surface area contributed by atoms with Crippen molar-refractivity contribution >= 4 is 38.9 Å². The van der Waals surface area contributed by atoms with Gasteiger partial charge >= 0.3 is 0 Å². The lowest BCUT2D eigenvalue weighted by atomic mass is 9.90. The molecule has 2 heterocycles. The number of nitrogens with zero attached hydrogens (tertiary/aromatic N) is 2. The lowest BCUT2D eigenvalue weighted by Crippen LogP contribution is -2.34. The second-order valence-electron chi connectivity index (χ2n) is 8.71. The molecule has 0 amide bonds. The summed E-state index contributed by atoms with van der Waals surface area (Å²) < 4.78 is 33.3. The first-order valence-corrected chi connectivity index (χ1v) is 13.7. The number of piperidine rings is 1. The summed E-state index contributed by atoms with van der Waals surface area (Å²) in [6, 6.07) is 23.5. The van der Waals surface area contributed by atoms with E-state index in [1.807, 2.05) is 11.0 Å². The topological polar surface area (TPSA) is 63.4 Å². The molecule has 0 bridgehead atoms. The lowest BCUT2D eigenvalue weighted by Gasteiger charge is -2.32. The summed E-state index contributed by atoms with van der Waals surface area (Å²) in [4.78, 5) is 6.59.